The lowest BCUT2D eigenvalue weighted by atomic mass is 9.41. The highest BCUT2D eigenvalue weighted by atomic mass is 16.7. The van der Waals surface area contributed by atoms with Crippen LogP contribution in [0.3, 0.4) is 0 Å². The Morgan fingerprint density at radius 3 is 2.29 bits per heavy atom. The van der Waals surface area contributed by atoms with Gasteiger partial charge >= 0.3 is 11.9 Å². The Kier molecular flexibility index (Phi) is 10.7. The SMILES string of the molecule is CO[C@H]1C[C@H](O[C@H]2CC[C@]3(C)[C@H]4C[C@@H](OC(=O)C=Cc5ccccc5)[C@@]5(C)[C@](O)(CC[C@@]5(O)[C@H](C)OC(=O)c5ccccc5)[C@]4(O)C=C[C@@]3(O)C2)O[C@H](C)[C@H]1O. The number of methoxy groups -OCH3 is 1. The van der Waals surface area contributed by atoms with E-state index in [0.29, 0.717) is 19.3 Å². The highest BCUT2D eigenvalue weighted by Gasteiger charge is 2.82. The predicted molar refractivity (Wildman–Crippen MR) is 204 cm³/mol. The van der Waals surface area contributed by atoms with Gasteiger partial charge in [0.2, 0.25) is 0 Å². The van der Waals surface area contributed by atoms with Crippen LogP contribution in [0.5, 0.6) is 0 Å². The summed E-state index contributed by atoms with van der Waals surface area (Å²) in [6.45, 7) is 6.77. The smallest absolute Gasteiger partial charge is 0.338 e. The zero-order valence-corrected chi connectivity index (χ0v) is 32.7. The van der Waals surface area contributed by atoms with E-state index in [1.807, 2.05) is 37.3 Å². The number of carbonyl (C=O) groups excluding carboxylic acids is 2. The Hall–Kier alpha value is -3.46. The van der Waals surface area contributed by atoms with E-state index in [4.69, 9.17) is 23.7 Å². The van der Waals surface area contributed by atoms with Crippen LogP contribution in [0.25, 0.3) is 6.08 Å². The van der Waals surface area contributed by atoms with Crippen molar-refractivity contribution in [1.82, 2.24) is 0 Å². The van der Waals surface area contributed by atoms with Gasteiger partial charge < -0.3 is 49.2 Å². The quantitative estimate of drug-likeness (QED) is 0.139. The third-order valence-corrected chi connectivity index (χ3v) is 14.5. The summed E-state index contributed by atoms with van der Waals surface area (Å²) in [5.41, 5.74) is -9.40. The van der Waals surface area contributed by atoms with Crippen LogP contribution in [0, 0.1) is 16.7 Å². The summed E-state index contributed by atoms with van der Waals surface area (Å²) < 4.78 is 30.0. The summed E-state index contributed by atoms with van der Waals surface area (Å²) >= 11 is 0. The van der Waals surface area contributed by atoms with Crippen molar-refractivity contribution in [3.63, 3.8) is 0 Å². The molecule has 14 atom stereocenters. The fourth-order valence-corrected chi connectivity index (χ4v) is 10.9. The van der Waals surface area contributed by atoms with Crippen molar-refractivity contribution < 1.29 is 58.8 Å². The van der Waals surface area contributed by atoms with Gasteiger partial charge in [-0.25, -0.2) is 9.59 Å². The third-order valence-electron chi connectivity index (χ3n) is 14.5. The Balaban J connectivity index is 1.22. The minimum atomic E-state index is -2.12. The van der Waals surface area contributed by atoms with E-state index in [9.17, 15) is 35.1 Å². The van der Waals surface area contributed by atoms with Gasteiger partial charge in [-0.15, -0.1) is 0 Å². The summed E-state index contributed by atoms with van der Waals surface area (Å²) in [5.74, 6) is -2.25. The summed E-state index contributed by atoms with van der Waals surface area (Å²) in [7, 11) is 1.53. The maximum Gasteiger partial charge on any atom is 0.338 e. The molecular weight excluding hydrogens is 720 g/mol. The lowest BCUT2D eigenvalue weighted by Crippen LogP contribution is -2.80. The maximum absolute atomic E-state index is 13.7. The first-order valence-electron chi connectivity index (χ1n) is 19.8. The number of benzene rings is 2. The van der Waals surface area contributed by atoms with E-state index in [1.54, 1.807) is 63.3 Å². The van der Waals surface area contributed by atoms with Gasteiger partial charge in [-0.2, -0.15) is 0 Å². The van der Waals surface area contributed by atoms with E-state index in [2.05, 4.69) is 0 Å². The van der Waals surface area contributed by atoms with E-state index >= 15 is 0 Å². The highest BCUT2D eigenvalue weighted by Crippen LogP contribution is 2.71. The van der Waals surface area contributed by atoms with Crippen LogP contribution in [0.1, 0.15) is 88.6 Å². The molecule has 7 rings (SSSR count). The molecule has 0 radical (unpaired) electrons. The molecule has 304 valence electrons. The van der Waals surface area contributed by atoms with E-state index < -0.39 is 94.0 Å². The summed E-state index contributed by atoms with van der Waals surface area (Å²) in [4.78, 5) is 27.0. The minimum Gasteiger partial charge on any atom is -0.458 e. The number of hydrogen-bond donors (Lipinski definition) is 5. The average molecular weight is 777 g/mol. The Morgan fingerprint density at radius 1 is 0.929 bits per heavy atom. The first kappa shape index (κ1) is 40.7. The van der Waals surface area contributed by atoms with Crippen LogP contribution in [0.15, 0.2) is 78.9 Å². The molecule has 4 aliphatic carbocycles. The highest BCUT2D eigenvalue weighted by molar-refractivity contribution is 5.89. The minimum absolute atomic E-state index is 0.0345. The summed E-state index contributed by atoms with van der Waals surface area (Å²) in [5, 5.41) is 62.0. The molecule has 12 heteroatoms. The number of aliphatic hydroxyl groups excluding tert-OH is 1. The van der Waals surface area contributed by atoms with Crippen LogP contribution < -0.4 is 0 Å². The molecule has 0 aromatic heterocycles. The number of aliphatic hydroxyl groups is 5. The zero-order chi connectivity index (χ0) is 40.3. The molecule has 0 unspecified atom stereocenters. The van der Waals surface area contributed by atoms with Crippen molar-refractivity contribution in [3.8, 4) is 0 Å². The number of rotatable bonds is 9. The zero-order valence-electron chi connectivity index (χ0n) is 32.7. The topological polar surface area (TPSA) is 181 Å². The maximum atomic E-state index is 13.7. The molecule has 1 heterocycles. The predicted octanol–water partition coefficient (Wildman–Crippen LogP) is 4.26. The molecular formula is C44H56O12. The van der Waals surface area contributed by atoms with Crippen LogP contribution in [0.4, 0.5) is 0 Å². The van der Waals surface area contributed by atoms with Gasteiger partial charge in [-0.05, 0) is 69.7 Å². The Bertz CT molecular complexity index is 1820. The van der Waals surface area contributed by atoms with E-state index in [1.165, 1.54) is 19.3 Å². The number of carbonyl (C=O) groups is 2. The number of ether oxygens (including phenoxy) is 5. The first-order chi connectivity index (χ1) is 26.4. The first-order valence-corrected chi connectivity index (χ1v) is 19.8. The molecule has 0 spiro atoms. The monoisotopic (exact) mass is 776 g/mol. The molecule has 1 saturated heterocycles. The lowest BCUT2D eigenvalue weighted by molar-refractivity contribution is -0.329. The third kappa shape index (κ3) is 6.28. The van der Waals surface area contributed by atoms with Gasteiger partial charge in [-0.3, -0.25) is 0 Å². The van der Waals surface area contributed by atoms with E-state index in [-0.39, 0.29) is 31.2 Å². The number of fused-ring (bicyclic) bond motifs is 5. The van der Waals surface area contributed by atoms with Crippen molar-refractivity contribution in [1.29, 1.82) is 0 Å². The molecule has 2 aromatic carbocycles. The summed E-state index contributed by atoms with van der Waals surface area (Å²) in [6, 6.07) is 17.6. The standard InChI is InChI=1S/C44H56O12/c1-27-37(46)32(52-5)24-36(53-27)55-31-18-19-39(3)33-25-34(56-35(45)17-16-29-12-8-6-9-13-29)40(4)42(49,28(2)54-38(47)30-14-10-7-11-15-30)22-23-44(40,51)43(33,50)21-20-41(39,48)26-31/h6-17,20-21,27-28,31-34,36-37,46,48-51H,18-19,22-26H2,1-5H3/t27-,28+,31+,32+,33-,34-,36+,37-,39-,40-,41-,42-,43+,44-/m1/s1. The number of esters is 2. The fourth-order valence-electron chi connectivity index (χ4n) is 10.9. The van der Waals surface area contributed by atoms with Crippen LogP contribution in [-0.4, -0.2) is 110 Å². The Morgan fingerprint density at radius 2 is 1.61 bits per heavy atom. The van der Waals surface area contributed by atoms with Gasteiger partial charge in [0, 0.05) is 37.4 Å². The van der Waals surface area contributed by atoms with Crippen LogP contribution >= 0.6 is 0 Å². The second kappa shape index (κ2) is 14.7. The van der Waals surface area contributed by atoms with Crippen molar-refractivity contribution in [2.45, 2.75) is 138 Å². The molecule has 2 aromatic rings. The van der Waals surface area contributed by atoms with Crippen LogP contribution in [0.2, 0.25) is 0 Å². The molecule has 56 heavy (non-hydrogen) atoms. The molecule has 0 bridgehead atoms. The molecule has 5 N–H and O–H groups in total. The molecule has 5 aliphatic rings. The van der Waals surface area contributed by atoms with Crippen molar-refractivity contribution in [2.24, 2.45) is 16.7 Å². The van der Waals surface area contributed by atoms with Gasteiger partial charge in [0.15, 0.2) is 6.29 Å². The fraction of sp³-hybridized carbons (Fsp3) is 0.591. The van der Waals surface area contributed by atoms with Gasteiger partial charge in [0.25, 0.3) is 0 Å². The molecule has 0 amide bonds. The molecule has 4 fully saturated rings. The van der Waals surface area contributed by atoms with Crippen molar-refractivity contribution in [3.05, 3.63) is 90.0 Å². The molecule has 1 aliphatic heterocycles. The molecule has 3 saturated carbocycles. The van der Waals surface area contributed by atoms with Crippen molar-refractivity contribution >= 4 is 18.0 Å². The molecule has 12 nitrogen and oxygen atoms in total. The lowest BCUT2D eigenvalue weighted by Gasteiger charge is -2.68. The summed E-state index contributed by atoms with van der Waals surface area (Å²) in [6.07, 6.45) is 1.64. The van der Waals surface area contributed by atoms with Crippen molar-refractivity contribution in [2.75, 3.05) is 7.11 Å². The second-order valence-corrected chi connectivity index (χ2v) is 17.1. The number of hydrogen-bond acceptors (Lipinski definition) is 12. The normalized spacial score (nSPS) is 43.6. The average Bonchev–Trinajstić information content (AvgIpc) is 3.41. The van der Waals surface area contributed by atoms with Crippen LogP contribution in [-0.2, 0) is 28.5 Å². The van der Waals surface area contributed by atoms with E-state index in [0.717, 1.165) is 5.56 Å². The van der Waals surface area contributed by atoms with Gasteiger partial charge in [-0.1, -0.05) is 74.5 Å². The largest absolute Gasteiger partial charge is 0.458 e. The second-order valence-electron chi connectivity index (χ2n) is 17.1. The van der Waals surface area contributed by atoms with Gasteiger partial charge in [0.05, 0.1) is 34.9 Å². The van der Waals surface area contributed by atoms with Gasteiger partial charge in [0.1, 0.15) is 35.1 Å². The Labute approximate surface area is 328 Å².